The molecule has 0 radical (unpaired) electrons. The molecule has 174 valence electrons. The van der Waals surface area contributed by atoms with Gasteiger partial charge < -0.3 is 20.7 Å². The standard InChI is InChI=1S/C21H21F4N7O/c1-11-9-32(10-12(2)33-11)20-27-8-16(22)19(29-20)28-17-7-15(18(26)31-30-17)13-3-5-14(6-4-13)21(23,24)25/h3-8,11-12H,9-10H2,1-2H3,(H2,26,31)(H,27,28,29,30)/t11-,12+. The lowest BCUT2D eigenvalue weighted by molar-refractivity contribution is -0.137. The van der Waals surface area contributed by atoms with Crippen LogP contribution in [0.15, 0.2) is 36.5 Å². The van der Waals surface area contributed by atoms with Crippen molar-refractivity contribution in [2.45, 2.75) is 32.2 Å². The van der Waals surface area contributed by atoms with E-state index in [4.69, 9.17) is 10.5 Å². The summed E-state index contributed by atoms with van der Waals surface area (Å²) < 4.78 is 58.6. The maximum atomic E-state index is 14.4. The molecule has 3 heterocycles. The normalized spacial score (nSPS) is 18.9. The fourth-order valence-electron chi connectivity index (χ4n) is 3.59. The van der Waals surface area contributed by atoms with Gasteiger partial charge in [0.25, 0.3) is 0 Å². The van der Waals surface area contributed by atoms with Crippen LogP contribution in [0.5, 0.6) is 0 Å². The molecule has 0 saturated carbocycles. The Hall–Kier alpha value is -3.54. The van der Waals surface area contributed by atoms with E-state index >= 15 is 0 Å². The van der Waals surface area contributed by atoms with Crippen molar-refractivity contribution in [1.82, 2.24) is 20.2 Å². The van der Waals surface area contributed by atoms with Crippen molar-refractivity contribution in [3.05, 3.63) is 47.9 Å². The van der Waals surface area contributed by atoms with Crippen molar-refractivity contribution in [3.63, 3.8) is 0 Å². The number of nitrogens with one attached hydrogen (secondary N) is 1. The molecule has 0 amide bonds. The van der Waals surface area contributed by atoms with Gasteiger partial charge in [0.05, 0.1) is 24.0 Å². The molecule has 4 rings (SSSR count). The van der Waals surface area contributed by atoms with Crippen LogP contribution in [-0.2, 0) is 10.9 Å². The Morgan fingerprint density at radius 2 is 1.76 bits per heavy atom. The van der Waals surface area contributed by atoms with Crippen LogP contribution in [0, 0.1) is 5.82 Å². The quantitative estimate of drug-likeness (QED) is 0.560. The van der Waals surface area contributed by atoms with E-state index in [1.807, 2.05) is 18.7 Å². The smallest absolute Gasteiger partial charge is 0.382 e. The Bertz CT molecular complexity index is 1130. The second kappa shape index (κ2) is 8.77. The summed E-state index contributed by atoms with van der Waals surface area (Å²) in [4.78, 5) is 10.2. The van der Waals surface area contributed by atoms with Gasteiger partial charge >= 0.3 is 6.18 Å². The maximum Gasteiger partial charge on any atom is 0.416 e. The number of halogens is 4. The second-order valence-corrected chi connectivity index (χ2v) is 7.76. The average molecular weight is 463 g/mol. The number of anilines is 4. The van der Waals surface area contributed by atoms with Crippen molar-refractivity contribution in [1.29, 1.82) is 0 Å². The zero-order chi connectivity index (χ0) is 23.8. The molecule has 33 heavy (non-hydrogen) atoms. The molecule has 1 aliphatic rings. The predicted molar refractivity (Wildman–Crippen MR) is 114 cm³/mol. The first-order valence-electron chi connectivity index (χ1n) is 10.1. The molecule has 3 N–H and O–H groups in total. The third-order valence-electron chi connectivity index (χ3n) is 5.03. The van der Waals surface area contributed by atoms with Gasteiger partial charge in [-0.25, -0.2) is 9.37 Å². The van der Waals surface area contributed by atoms with E-state index in [0.717, 1.165) is 18.3 Å². The fourth-order valence-corrected chi connectivity index (χ4v) is 3.59. The van der Waals surface area contributed by atoms with Crippen LogP contribution in [-0.4, -0.2) is 45.5 Å². The molecule has 0 unspecified atom stereocenters. The fraction of sp³-hybridized carbons (Fsp3) is 0.333. The summed E-state index contributed by atoms with van der Waals surface area (Å²) in [6, 6.07) is 5.92. The van der Waals surface area contributed by atoms with Crippen molar-refractivity contribution < 1.29 is 22.3 Å². The molecule has 3 aromatic rings. The second-order valence-electron chi connectivity index (χ2n) is 7.76. The number of rotatable bonds is 4. The zero-order valence-corrected chi connectivity index (χ0v) is 17.8. The summed E-state index contributed by atoms with van der Waals surface area (Å²) in [5.74, 6) is -0.369. The van der Waals surface area contributed by atoms with Crippen LogP contribution in [0.2, 0.25) is 0 Å². The Balaban J connectivity index is 1.60. The number of hydrogen-bond acceptors (Lipinski definition) is 8. The lowest BCUT2D eigenvalue weighted by Gasteiger charge is -2.35. The molecule has 1 saturated heterocycles. The number of benzene rings is 1. The average Bonchev–Trinajstić information content (AvgIpc) is 2.75. The molecule has 2 atom stereocenters. The number of nitrogen functional groups attached to an aromatic ring is 1. The Labute approximate surface area is 186 Å². The number of nitrogens with two attached hydrogens (primary N) is 1. The van der Waals surface area contributed by atoms with Gasteiger partial charge in [0.2, 0.25) is 5.95 Å². The summed E-state index contributed by atoms with van der Waals surface area (Å²) in [5, 5.41) is 10.5. The van der Waals surface area contributed by atoms with Crippen LogP contribution < -0.4 is 16.0 Å². The first-order chi connectivity index (χ1) is 15.6. The van der Waals surface area contributed by atoms with E-state index in [2.05, 4.69) is 25.5 Å². The van der Waals surface area contributed by atoms with E-state index < -0.39 is 17.6 Å². The molecular weight excluding hydrogens is 442 g/mol. The lowest BCUT2D eigenvalue weighted by Crippen LogP contribution is -2.46. The first-order valence-corrected chi connectivity index (χ1v) is 10.1. The van der Waals surface area contributed by atoms with Crippen molar-refractivity contribution in [2.24, 2.45) is 0 Å². The number of aromatic nitrogens is 4. The number of nitrogens with zero attached hydrogens (tertiary/aromatic N) is 5. The van der Waals surface area contributed by atoms with Crippen molar-refractivity contribution >= 4 is 23.4 Å². The minimum Gasteiger partial charge on any atom is -0.382 e. The summed E-state index contributed by atoms with van der Waals surface area (Å²) in [6.07, 6.45) is -3.47. The highest BCUT2D eigenvalue weighted by molar-refractivity contribution is 5.76. The number of ether oxygens (including phenoxy) is 1. The summed E-state index contributed by atoms with van der Waals surface area (Å²) >= 11 is 0. The molecule has 1 aromatic carbocycles. The Morgan fingerprint density at radius 1 is 1.09 bits per heavy atom. The Kier molecular flexibility index (Phi) is 6.02. The van der Waals surface area contributed by atoms with Gasteiger partial charge in [-0.15, -0.1) is 10.2 Å². The van der Waals surface area contributed by atoms with Crippen LogP contribution >= 0.6 is 0 Å². The monoisotopic (exact) mass is 463 g/mol. The highest BCUT2D eigenvalue weighted by Gasteiger charge is 2.30. The van der Waals surface area contributed by atoms with Gasteiger partial charge in [0.15, 0.2) is 23.3 Å². The molecule has 12 heteroatoms. The maximum absolute atomic E-state index is 14.4. The molecular formula is C21H21F4N7O. The highest BCUT2D eigenvalue weighted by Crippen LogP contribution is 2.33. The third-order valence-corrected chi connectivity index (χ3v) is 5.03. The summed E-state index contributed by atoms with van der Waals surface area (Å²) in [6.45, 7) is 4.96. The van der Waals surface area contributed by atoms with Crippen LogP contribution in [0.3, 0.4) is 0 Å². The first kappa shape index (κ1) is 22.6. The van der Waals surface area contributed by atoms with Crippen LogP contribution in [0.1, 0.15) is 19.4 Å². The van der Waals surface area contributed by atoms with Crippen molar-refractivity contribution in [3.8, 4) is 11.1 Å². The van der Waals surface area contributed by atoms with Gasteiger partial charge in [-0.1, -0.05) is 12.1 Å². The molecule has 8 nitrogen and oxygen atoms in total. The third kappa shape index (κ3) is 5.11. The van der Waals surface area contributed by atoms with Gasteiger partial charge in [-0.2, -0.15) is 18.2 Å². The van der Waals surface area contributed by atoms with Gasteiger partial charge in [-0.3, -0.25) is 0 Å². The number of morpholine rings is 1. The molecule has 0 aliphatic carbocycles. The number of alkyl halides is 3. The molecule has 0 bridgehead atoms. The molecule has 0 spiro atoms. The van der Waals surface area contributed by atoms with Crippen LogP contribution in [0.4, 0.5) is 41.0 Å². The Morgan fingerprint density at radius 3 is 2.39 bits per heavy atom. The minimum atomic E-state index is -4.45. The van der Waals surface area contributed by atoms with Crippen LogP contribution in [0.25, 0.3) is 11.1 Å². The summed E-state index contributed by atoms with van der Waals surface area (Å²) in [7, 11) is 0. The van der Waals surface area contributed by atoms with E-state index in [1.165, 1.54) is 18.2 Å². The van der Waals surface area contributed by atoms with E-state index in [0.29, 0.717) is 30.2 Å². The van der Waals surface area contributed by atoms with E-state index in [-0.39, 0.29) is 29.7 Å². The molecule has 1 aliphatic heterocycles. The summed E-state index contributed by atoms with van der Waals surface area (Å²) in [5.41, 5.74) is 5.83. The molecule has 2 aromatic heterocycles. The number of hydrogen-bond donors (Lipinski definition) is 2. The minimum absolute atomic E-state index is 0.0143. The lowest BCUT2D eigenvalue weighted by atomic mass is 10.0. The van der Waals surface area contributed by atoms with Gasteiger partial charge in [0, 0.05) is 18.7 Å². The SMILES string of the molecule is C[C@@H]1CN(c2ncc(F)c(Nc3cc(-c4ccc(C(F)(F)F)cc4)c(N)nn3)n2)C[C@H](C)O1. The zero-order valence-electron chi connectivity index (χ0n) is 17.8. The van der Waals surface area contributed by atoms with E-state index in [1.54, 1.807) is 0 Å². The molecule has 1 fully saturated rings. The van der Waals surface area contributed by atoms with Gasteiger partial charge in [0.1, 0.15) is 0 Å². The topological polar surface area (TPSA) is 102 Å². The van der Waals surface area contributed by atoms with E-state index in [9.17, 15) is 17.6 Å². The van der Waals surface area contributed by atoms with Gasteiger partial charge in [-0.05, 0) is 37.6 Å². The largest absolute Gasteiger partial charge is 0.416 e. The predicted octanol–water partition coefficient (Wildman–Crippen LogP) is 4.03. The highest BCUT2D eigenvalue weighted by atomic mass is 19.4. The van der Waals surface area contributed by atoms with Crippen molar-refractivity contribution in [2.75, 3.05) is 29.0 Å².